The van der Waals surface area contributed by atoms with Gasteiger partial charge in [0.2, 0.25) is 0 Å². The first-order chi connectivity index (χ1) is 8.81. The van der Waals surface area contributed by atoms with E-state index in [1.54, 1.807) is 18.3 Å². The van der Waals surface area contributed by atoms with Crippen LogP contribution in [0, 0.1) is 6.92 Å². The number of benzene rings is 1. The number of phenolic OH excluding ortho intramolecular Hbond substituents is 1. The van der Waals surface area contributed by atoms with Gasteiger partial charge in [0.25, 0.3) is 5.91 Å². The van der Waals surface area contributed by atoms with Crippen LogP contribution in [0.5, 0.6) is 5.75 Å². The predicted molar refractivity (Wildman–Crippen MR) is 65.4 cm³/mol. The SMILES string of the molecule is Cc1ccc(C(=O)O[C@@H](C)C(=O)NC(N)=O)c(O)c1. The van der Waals surface area contributed by atoms with Gasteiger partial charge in [-0.15, -0.1) is 0 Å². The molecule has 1 aromatic carbocycles. The van der Waals surface area contributed by atoms with Gasteiger partial charge in [-0.25, -0.2) is 9.59 Å². The van der Waals surface area contributed by atoms with Crippen LogP contribution in [0.4, 0.5) is 4.79 Å². The number of primary amides is 1. The fourth-order valence-electron chi connectivity index (χ4n) is 1.31. The van der Waals surface area contributed by atoms with Crippen LogP contribution in [0.3, 0.4) is 0 Å². The lowest BCUT2D eigenvalue weighted by molar-refractivity contribution is -0.127. The molecule has 0 aliphatic heterocycles. The van der Waals surface area contributed by atoms with Crippen molar-refractivity contribution in [2.45, 2.75) is 20.0 Å². The monoisotopic (exact) mass is 266 g/mol. The predicted octanol–water partition coefficient (Wildman–Crippen LogP) is 0.441. The lowest BCUT2D eigenvalue weighted by Gasteiger charge is -2.12. The first-order valence-corrected chi connectivity index (χ1v) is 5.42. The second-order valence-corrected chi connectivity index (χ2v) is 3.92. The Hall–Kier alpha value is -2.57. The second kappa shape index (κ2) is 5.85. The Kier molecular flexibility index (Phi) is 4.46. The van der Waals surface area contributed by atoms with Gasteiger partial charge < -0.3 is 15.6 Å². The minimum Gasteiger partial charge on any atom is -0.507 e. The maximum absolute atomic E-state index is 11.7. The molecule has 0 aliphatic rings. The number of nitrogens with one attached hydrogen (secondary N) is 1. The van der Waals surface area contributed by atoms with E-state index in [2.05, 4.69) is 0 Å². The fourth-order valence-corrected chi connectivity index (χ4v) is 1.31. The number of carbonyl (C=O) groups is 3. The van der Waals surface area contributed by atoms with Gasteiger partial charge in [-0.1, -0.05) is 6.07 Å². The molecule has 0 unspecified atom stereocenters. The minimum atomic E-state index is -1.21. The molecule has 0 bridgehead atoms. The van der Waals surface area contributed by atoms with Crippen LogP contribution in [0.2, 0.25) is 0 Å². The number of amides is 3. The molecular weight excluding hydrogens is 252 g/mol. The number of ether oxygens (including phenoxy) is 1. The van der Waals surface area contributed by atoms with Crippen molar-refractivity contribution in [1.29, 1.82) is 0 Å². The van der Waals surface area contributed by atoms with Crippen LogP contribution in [0.25, 0.3) is 0 Å². The van der Waals surface area contributed by atoms with Crippen molar-refractivity contribution in [2.24, 2.45) is 5.73 Å². The number of hydrogen-bond acceptors (Lipinski definition) is 5. The smallest absolute Gasteiger partial charge is 0.342 e. The van der Waals surface area contributed by atoms with Crippen molar-refractivity contribution in [2.75, 3.05) is 0 Å². The molecule has 0 saturated heterocycles. The van der Waals surface area contributed by atoms with Crippen LogP contribution in [0.1, 0.15) is 22.8 Å². The summed E-state index contributed by atoms with van der Waals surface area (Å²) in [6.07, 6.45) is -1.21. The van der Waals surface area contributed by atoms with E-state index < -0.39 is 24.0 Å². The molecule has 7 nitrogen and oxygen atoms in total. The van der Waals surface area contributed by atoms with Gasteiger partial charge in [-0.3, -0.25) is 10.1 Å². The Morgan fingerprint density at radius 1 is 1.37 bits per heavy atom. The Morgan fingerprint density at radius 2 is 2.00 bits per heavy atom. The summed E-state index contributed by atoms with van der Waals surface area (Å²) >= 11 is 0. The van der Waals surface area contributed by atoms with Crippen LogP contribution < -0.4 is 11.1 Å². The second-order valence-electron chi connectivity index (χ2n) is 3.92. The van der Waals surface area contributed by atoms with E-state index in [0.717, 1.165) is 5.56 Å². The number of urea groups is 1. The first kappa shape index (κ1) is 14.5. The molecule has 3 amide bonds. The molecule has 0 radical (unpaired) electrons. The molecule has 1 aromatic rings. The van der Waals surface area contributed by atoms with Gasteiger partial charge >= 0.3 is 12.0 Å². The van der Waals surface area contributed by atoms with Crippen molar-refractivity contribution in [3.63, 3.8) is 0 Å². The normalized spacial score (nSPS) is 11.5. The minimum absolute atomic E-state index is 0.0654. The molecule has 0 aliphatic carbocycles. The molecule has 102 valence electrons. The zero-order valence-corrected chi connectivity index (χ0v) is 10.5. The zero-order chi connectivity index (χ0) is 14.6. The third kappa shape index (κ3) is 3.98. The van der Waals surface area contributed by atoms with E-state index in [1.807, 2.05) is 0 Å². The van der Waals surface area contributed by atoms with E-state index in [9.17, 15) is 19.5 Å². The van der Waals surface area contributed by atoms with Crippen molar-refractivity contribution >= 4 is 17.9 Å². The topological polar surface area (TPSA) is 119 Å². The summed E-state index contributed by atoms with van der Waals surface area (Å²) in [5.74, 6) is -1.95. The third-order valence-electron chi connectivity index (χ3n) is 2.27. The number of phenols is 1. The number of aryl methyl sites for hydroxylation is 1. The summed E-state index contributed by atoms with van der Waals surface area (Å²) in [5.41, 5.74) is 5.47. The molecule has 0 heterocycles. The number of rotatable bonds is 3. The van der Waals surface area contributed by atoms with E-state index in [0.29, 0.717) is 0 Å². The van der Waals surface area contributed by atoms with Crippen molar-refractivity contribution < 1.29 is 24.2 Å². The highest BCUT2D eigenvalue weighted by molar-refractivity contribution is 5.98. The van der Waals surface area contributed by atoms with Crippen LogP contribution >= 0.6 is 0 Å². The van der Waals surface area contributed by atoms with Crippen LogP contribution in [-0.2, 0) is 9.53 Å². The highest BCUT2D eigenvalue weighted by atomic mass is 16.5. The molecule has 0 fully saturated rings. The lowest BCUT2D eigenvalue weighted by atomic mass is 10.1. The molecule has 0 saturated carbocycles. The maximum Gasteiger partial charge on any atom is 0.342 e. The lowest BCUT2D eigenvalue weighted by Crippen LogP contribution is -2.42. The molecule has 7 heteroatoms. The van der Waals surface area contributed by atoms with Crippen molar-refractivity contribution in [1.82, 2.24) is 5.32 Å². The zero-order valence-electron chi connectivity index (χ0n) is 10.5. The van der Waals surface area contributed by atoms with Gasteiger partial charge in [0.1, 0.15) is 11.3 Å². The summed E-state index contributed by atoms with van der Waals surface area (Å²) in [5, 5.41) is 11.4. The fraction of sp³-hybridized carbons (Fsp3) is 0.250. The average molecular weight is 266 g/mol. The summed E-state index contributed by atoms with van der Waals surface area (Å²) in [4.78, 5) is 33.5. The Balaban J connectivity index is 2.74. The Morgan fingerprint density at radius 3 is 2.53 bits per heavy atom. The van der Waals surface area contributed by atoms with Gasteiger partial charge in [0, 0.05) is 0 Å². The van der Waals surface area contributed by atoms with Gasteiger partial charge in [-0.05, 0) is 31.5 Å². The van der Waals surface area contributed by atoms with E-state index in [1.165, 1.54) is 19.1 Å². The number of aromatic hydroxyl groups is 1. The number of nitrogens with two attached hydrogens (primary N) is 1. The Bertz CT molecular complexity index is 527. The van der Waals surface area contributed by atoms with Crippen molar-refractivity contribution in [3.8, 4) is 5.75 Å². The van der Waals surface area contributed by atoms with Crippen LogP contribution in [-0.4, -0.2) is 29.1 Å². The molecule has 0 spiro atoms. The number of carbonyl (C=O) groups excluding carboxylic acids is 3. The standard InChI is InChI=1S/C12H14N2O5/c1-6-3-4-8(9(15)5-6)11(17)19-7(2)10(16)14-12(13)18/h3-5,7,15H,1-2H3,(H3,13,14,16,18)/t7-/m0/s1. The Labute approximate surface area is 109 Å². The number of hydrogen-bond donors (Lipinski definition) is 3. The third-order valence-corrected chi connectivity index (χ3v) is 2.27. The van der Waals surface area contributed by atoms with E-state index >= 15 is 0 Å². The maximum atomic E-state index is 11.7. The highest BCUT2D eigenvalue weighted by Gasteiger charge is 2.21. The quantitative estimate of drug-likeness (QED) is 0.686. The van der Waals surface area contributed by atoms with E-state index in [-0.39, 0.29) is 11.3 Å². The van der Waals surface area contributed by atoms with Gasteiger partial charge in [-0.2, -0.15) is 0 Å². The molecule has 0 aromatic heterocycles. The van der Waals surface area contributed by atoms with E-state index in [4.69, 9.17) is 10.5 Å². The molecule has 4 N–H and O–H groups in total. The number of imide groups is 1. The number of esters is 1. The largest absolute Gasteiger partial charge is 0.507 e. The summed E-state index contributed by atoms with van der Waals surface area (Å²) < 4.78 is 4.80. The van der Waals surface area contributed by atoms with Gasteiger partial charge in [0.15, 0.2) is 6.10 Å². The van der Waals surface area contributed by atoms with Gasteiger partial charge in [0.05, 0.1) is 0 Å². The highest BCUT2D eigenvalue weighted by Crippen LogP contribution is 2.19. The molecule has 1 rings (SSSR count). The molecule has 1 atom stereocenters. The molecular formula is C12H14N2O5. The average Bonchev–Trinajstić information content (AvgIpc) is 2.27. The van der Waals surface area contributed by atoms with Crippen molar-refractivity contribution in [3.05, 3.63) is 29.3 Å². The summed E-state index contributed by atoms with van der Waals surface area (Å²) in [6.45, 7) is 3.03. The van der Waals surface area contributed by atoms with Crippen LogP contribution in [0.15, 0.2) is 18.2 Å². The summed E-state index contributed by atoms with van der Waals surface area (Å²) in [7, 11) is 0. The first-order valence-electron chi connectivity index (χ1n) is 5.42. The summed E-state index contributed by atoms with van der Waals surface area (Å²) in [6, 6.07) is 3.35. The molecule has 19 heavy (non-hydrogen) atoms.